The van der Waals surface area contributed by atoms with Gasteiger partial charge < -0.3 is 5.73 Å². The molecule has 92 valence electrons. The van der Waals surface area contributed by atoms with Crippen molar-refractivity contribution in [2.75, 3.05) is 5.73 Å². The Hall–Kier alpha value is -2.01. The second-order valence-electron chi connectivity index (χ2n) is 3.97. The smallest absolute Gasteiger partial charge is 0.207 e. The molecule has 0 radical (unpaired) electrons. The van der Waals surface area contributed by atoms with E-state index in [0.717, 1.165) is 23.4 Å². The number of fused-ring (bicyclic) bond motifs is 1. The first-order valence-electron chi connectivity index (χ1n) is 5.66. The summed E-state index contributed by atoms with van der Waals surface area (Å²) < 4.78 is 3.66. The molecular weight excluding hydrogens is 250 g/mol. The first-order chi connectivity index (χ1) is 8.69. The van der Waals surface area contributed by atoms with Gasteiger partial charge in [-0.1, -0.05) is 11.6 Å². The van der Waals surface area contributed by atoms with Crippen molar-refractivity contribution in [3.05, 3.63) is 35.5 Å². The molecule has 18 heavy (non-hydrogen) atoms. The molecule has 0 saturated heterocycles. The van der Waals surface area contributed by atoms with Crippen LogP contribution in [0.4, 0.5) is 5.95 Å². The molecule has 3 rings (SSSR count). The molecule has 0 fully saturated rings. The summed E-state index contributed by atoms with van der Waals surface area (Å²) in [6, 6.07) is 7.42. The maximum Gasteiger partial charge on any atom is 0.207 e. The maximum atomic E-state index is 5.95. The van der Waals surface area contributed by atoms with Crippen molar-refractivity contribution in [1.29, 1.82) is 0 Å². The van der Waals surface area contributed by atoms with Gasteiger partial charge >= 0.3 is 0 Å². The molecule has 3 aromatic rings. The third kappa shape index (κ3) is 1.64. The monoisotopic (exact) mass is 261 g/mol. The van der Waals surface area contributed by atoms with Crippen molar-refractivity contribution < 1.29 is 0 Å². The van der Waals surface area contributed by atoms with Gasteiger partial charge in [0.05, 0.1) is 11.0 Å². The van der Waals surface area contributed by atoms with Crippen LogP contribution in [0, 0.1) is 0 Å². The lowest BCUT2D eigenvalue weighted by molar-refractivity contribution is 0.654. The highest BCUT2D eigenvalue weighted by atomic mass is 35.5. The minimum absolute atomic E-state index is 0.411. The van der Waals surface area contributed by atoms with Gasteiger partial charge in [-0.2, -0.15) is 5.10 Å². The fraction of sp³-hybridized carbons (Fsp3) is 0.167. The first kappa shape index (κ1) is 11.1. The van der Waals surface area contributed by atoms with E-state index < -0.39 is 0 Å². The van der Waals surface area contributed by atoms with Crippen molar-refractivity contribution in [3.63, 3.8) is 0 Å². The van der Waals surface area contributed by atoms with Crippen molar-refractivity contribution in [3.8, 4) is 5.82 Å². The van der Waals surface area contributed by atoms with Crippen LogP contribution in [0.15, 0.2) is 30.5 Å². The summed E-state index contributed by atoms with van der Waals surface area (Å²) in [5.74, 6) is 1.17. The van der Waals surface area contributed by atoms with Crippen LogP contribution in [0.5, 0.6) is 0 Å². The van der Waals surface area contributed by atoms with Gasteiger partial charge in [0.2, 0.25) is 5.95 Å². The number of hydrogen-bond acceptors (Lipinski definition) is 3. The van der Waals surface area contributed by atoms with Crippen LogP contribution in [-0.2, 0) is 6.54 Å². The summed E-state index contributed by atoms with van der Waals surface area (Å²) >= 11 is 5.94. The zero-order chi connectivity index (χ0) is 12.7. The van der Waals surface area contributed by atoms with E-state index in [-0.39, 0.29) is 0 Å². The molecule has 0 aliphatic heterocycles. The molecule has 0 spiro atoms. The number of rotatable bonds is 2. The van der Waals surface area contributed by atoms with E-state index in [1.807, 2.05) is 40.6 Å². The van der Waals surface area contributed by atoms with Crippen molar-refractivity contribution in [2.45, 2.75) is 13.5 Å². The number of halogens is 1. The number of aromatic nitrogens is 4. The van der Waals surface area contributed by atoms with E-state index in [1.54, 1.807) is 6.07 Å². The number of imidazole rings is 1. The van der Waals surface area contributed by atoms with E-state index in [1.165, 1.54) is 0 Å². The lowest BCUT2D eigenvalue weighted by Crippen LogP contribution is -2.03. The van der Waals surface area contributed by atoms with Crippen molar-refractivity contribution >= 4 is 28.6 Å². The normalized spacial score (nSPS) is 11.2. The predicted molar refractivity (Wildman–Crippen MR) is 72.0 cm³/mol. The zero-order valence-corrected chi connectivity index (χ0v) is 10.6. The quantitative estimate of drug-likeness (QED) is 0.771. The molecular formula is C12H12ClN5. The third-order valence-electron chi connectivity index (χ3n) is 2.82. The van der Waals surface area contributed by atoms with Crippen LogP contribution in [0.1, 0.15) is 6.92 Å². The van der Waals surface area contributed by atoms with Gasteiger partial charge in [-0.3, -0.25) is 9.25 Å². The molecule has 2 N–H and O–H groups in total. The fourth-order valence-electron chi connectivity index (χ4n) is 1.96. The summed E-state index contributed by atoms with van der Waals surface area (Å²) in [4.78, 5) is 4.29. The number of nitrogen functional groups attached to an aromatic ring is 1. The van der Waals surface area contributed by atoms with Crippen LogP contribution in [-0.4, -0.2) is 19.3 Å². The molecule has 5 nitrogen and oxygen atoms in total. The van der Waals surface area contributed by atoms with E-state index in [4.69, 9.17) is 17.3 Å². The Morgan fingerprint density at radius 1 is 1.33 bits per heavy atom. The van der Waals surface area contributed by atoms with Crippen LogP contribution in [0.3, 0.4) is 0 Å². The van der Waals surface area contributed by atoms with Gasteiger partial charge in [0.15, 0.2) is 5.82 Å². The standard InChI is InChI=1S/C12H12ClN5/c1-2-17-6-5-11(16-17)18-10-4-3-8(13)7-9(10)15-12(18)14/h3-7H,2H2,1H3,(H2,14,15). The van der Waals surface area contributed by atoms with Gasteiger partial charge in [-0.25, -0.2) is 4.98 Å². The molecule has 2 aromatic heterocycles. The Kier molecular flexibility index (Phi) is 2.48. The van der Waals surface area contributed by atoms with E-state index in [0.29, 0.717) is 11.0 Å². The molecule has 1 aromatic carbocycles. The van der Waals surface area contributed by atoms with Crippen LogP contribution < -0.4 is 5.73 Å². The average molecular weight is 262 g/mol. The number of hydrogen-bond donors (Lipinski definition) is 1. The summed E-state index contributed by atoms with van der Waals surface area (Å²) in [6.07, 6.45) is 1.91. The van der Waals surface area contributed by atoms with Gasteiger partial charge in [0.25, 0.3) is 0 Å². The van der Waals surface area contributed by atoms with Gasteiger partial charge in [0.1, 0.15) is 0 Å². The Balaban J connectivity index is 2.24. The first-order valence-corrected chi connectivity index (χ1v) is 6.04. The van der Waals surface area contributed by atoms with Crippen LogP contribution in [0.25, 0.3) is 16.9 Å². The summed E-state index contributed by atoms with van der Waals surface area (Å²) in [5.41, 5.74) is 7.62. The Bertz CT molecular complexity index is 712. The largest absolute Gasteiger partial charge is 0.369 e. The number of aryl methyl sites for hydroxylation is 1. The second-order valence-corrected chi connectivity index (χ2v) is 4.40. The number of nitrogens with zero attached hydrogens (tertiary/aromatic N) is 4. The zero-order valence-electron chi connectivity index (χ0n) is 9.84. The third-order valence-corrected chi connectivity index (χ3v) is 3.06. The van der Waals surface area contributed by atoms with Crippen LogP contribution in [0.2, 0.25) is 5.02 Å². The number of anilines is 1. The minimum Gasteiger partial charge on any atom is -0.369 e. The summed E-state index contributed by atoms with van der Waals surface area (Å²) in [7, 11) is 0. The minimum atomic E-state index is 0.411. The van der Waals surface area contributed by atoms with E-state index >= 15 is 0 Å². The highest BCUT2D eigenvalue weighted by Gasteiger charge is 2.12. The lowest BCUT2D eigenvalue weighted by atomic mass is 10.3. The topological polar surface area (TPSA) is 61.7 Å². The summed E-state index contributed by atoms with van der Waals surface area (Å²) in [6.45, 7) is 2.85. The molecule has 0 aliphatic rings. The predicted octanol–water partition coefficient (Wildman–Crippen LogP) is 2.48. The molecule has 2 heterocycles. The highest BCUT2D eigenvalue weighted by molar-refractivity contribution is 6.31. The molecule has 0 saturated carbocycles. The Morgan fingerprint density at radius 3 is 2.89 bits per heavy atom. The highest BCUT2D eigenvalue weighted by Crippen LogP contribution is 2.24. The lowest BCUT2D eigenvalue weighted by Gasteiger charge is -2.02. The molecule has 0 aliphatic carbocycles. The van der Waals surface area contributed by atoms with Gasteiger partial charge in [0, 0.05) is 23.8 Å². The molecule has 0 unspecified atom stereocenters. The van der Waals surface area contributed by atoms with E-state index in [9.17, 15) is 0 Å². The molecule has 0 atom stereocenters. The van der Waals surface area contributed by atoms with Crippen LogP contribution >= 0.6 is 11.6 Å². The molecule has 6 heteroatoms. The van der Waals surface area contributed by atoms with Gasteiger partial charge in [-0.05, 0) is 25.1 Å². The SMILES string of the molecule is CCn1ccc(-n2c(N)nc3cc(Cl)ccc32)n1. The fourth-order valence-corrected chi connectivity index (χ4v) is 2.13. The Labute approximate surface area is 109 Å². The molecule has 0 bridgehead atoms. The number of benzene rings is 1. The molecule has 0 amide bonds. The maximum absolute atomic E-state index is 5.95. The van der Waals surface area contributed by atoms with Gasteiger partial charge in [-0.15, -0.1) is 0 Å². The van der Waals surface area contributed by atoms with Crippen molar-refractivity contribution in [1.82, 2.24) is 19.3 Å². The van der Waals surface area contributed by atoms with E-state index in [2.05, 4.69) is 10.1 Å². The number of nitrogens with two attached hydrogens (primary N) is 1. The Morgan fingerprint density at radius 2 is 2.17 bits per heavy atom. The van der Waals surface area contributed by atoms with Crippen molar-refractivity contribution in [2.24, 2.45) is 0 Å². The summed E-state index contributed by atoms with van der Waals surface area (Å²) in [5, 5.41) is 5.08. The second kappa shape index (κ2) is 4.03. The average Bonchev–Trinajstić information content (AvgIpc) is 2.91.